The van der Waals surface area contributed by atoms with Crippen molar-refractivity contribution in [2.45, 2.75) is 38.9 Å². The van der Waals surface area contributed by atoms with E-state index in [-0.39, 0.29) is 12.8 Å². The fourth-order valence-corrected chi connectivity index (χ4v) is 0.505. The van der Waals surface area contributed by atoms with Crippen LogP contribution in [0.1, 0.15) is 26.7 Å². The first kappa shape index (κ1) is 15.3. The van der Waals surface area contributed by atoms with Crippen LogP contribution in [0.25, 0.3) is 0 Å². The summed E-state index contributed by atoms with van der Waals surface area (Å²) in [5, 5.41) is 32.5. The van der Waals surface area contributed by atoms with Crippen LogP contribution in [-0.4, -0.2) is 44.6 Å². The number of aliphatic carboxylic acids is 2. The van der Waals surface area contributed by atoms with Gasteiger partial charge < -0.3 is 20.4 Å². The maximum Gasteiger partial charge on any atom is 0.305 e. The van der Waals surface area contributed by atoms with Gasteiger partial charge in [0.1, 0.15) is 0 Å². The standard InChI is InChI=1S/2C4H8O3/c2*1-3(5)2-4(6)7/h2*3,5H,2H2,1H3,(H,6,7). The third-order valence-electron chi connectivity index (χ3n) is 0.940. The van der Waals surface area contributed by atoms with E-state index in [0.717, 1.165) is 0 Å². The van der Waals surface area contributed by atoms with Gasteiger partial charge in [-0.15, -0.1) is 0 Å². The predicted octanol–water partition coefficient (Wildman–Crippen LogP) is -0.316. The molecule has 0 aromatic rings. The molecular formula is C8H16O6. The van der Waals surface area contributed by atoms with Gasteiger partial charge in [0.25, 0.3) is 0 Å². The van der Waals surface area contributed by atoms with Crippen LogP contribution in [0.3, 0.4) is 0 Å². The highest BCUT2D eigenvalue weighted by Gasteiger charge is 2.00. The van der Waals surface area contributed by atoms with E-state index in [4.69, 9.17) is 20.4 Å². The minimum atomic E-state index is -0.963. The summed E-state index contributed by atoms with van der Waals surface area (Å²) < 4.78 is 0. The Hall–Kier alpha value is -1.14. The number of aliphatic hydroxyl groups is 2. The molecule has 2 atom stereocenters. The van der Waals surface area contributed by atoms with E-state index < -0.39 is 24.1 Å². The van der Waals surface area contributed by atoms with Crippen molar-refractivity contribution in [3.05, 3.63) is 0 Å². The Morgan fingerprint density at radius 3 is 1.14 bits per heavy atom. The Balaban J connectivity index is 0. The van der Waals surface area contributed by atoms with Gasteiger partial charge in [0.2, 0.25) is 0 Å². The molecule has 0 radical (unpaired) electrons. The lowest BCUT2D eigenvalue weighted by molar-refractivity contribution is -0.140. The van der Waals surface area contributed by atoms with Crippen LogP contribution in [0.2, 0.25) is 0 Å². The second-order valence-electron chi connectivity index (χ2n) is 2.89. The summed E-state index contributed by atoms with van der Waals surface area (Å²) >= 11 is 0. The summed E-state index contributed by atoms with van der Waals surface area (Å²) in [6.07, 6.45) is -1.78. The van der Waals surface area contributed by atoms with E-state index in [1.54, 1.807) is 0 Å². The van der Waals surface area contributed by atoms with Gasteiger partial charge in [0.05, 0.1) is 25.0 Å². The van der Waals surface area contributed by atoms with E-state index in [1.165, 1.54) is 13.8 Å². The summed E-state index contributed by atoms with van der Waals surface area (Å²) in [5.41, 5.74) is 0. The Labute approximate surface area is 81.8 Å². The molecule has 2 unspecified atom stereocenters. The third-order valence-corrected chi connectivity index (χ3v) is 0.940. The number of carboxylic acid groups (broad SMARTS) is 2. The smallest absolute Gasteiger partial charge is 0.305 e. The maximum absolute atomic E-state index is 9.65. The minimum Gasteiger partial charge on any atom is -0.481 e. The van der Waals surface area contributed by atoms with Crippen LogP contribution in [0.5, 0.6) is 0 Å². The molecule has 0 aliphatic rings. The van der Waals surface area contributed by atoms with Gasteiger partial charge >= 0.3 is 11.9 Å². The minimum absolute atomic E-state index is 0.167. The average Bonchev–Trinajstić information content (AvgIpc) is 1.79. The van der Waals surface area contributed by atoms with Crippen molar-refractivity contribution < 1.29 is 30.0 Å². The lowest BCUT2D eigenvalue weighted by atomic mass is 10.3. The van der Waals surface area contributed by atoms with Crippen molar-refractivity contribution in [3.8, 4) is 0 Å². The molecular weight excluding hydrogens is 192 g/mol. The van der Waals surface area contributed by atoms with Crippen LogP contribution in [0.15, 0.2) is 0 Å². The molecule has 0 aliphatic carbocycles. The predicted molar refractivity (Wildman–Crippen MR) is 47.9 cm³/mol. The fraction of sp³-hybridized carbons (Fsp3) is 0.750. The fourth-order valence-electron chi connectivity index (χ4n) is 0.505. The average molecular weight is 208 g/mol. The number of rotatable bonds is 4. The number of hydrogen-bond acceptors (Lipinski definition) is 4. The van der Waals surface area contributed by atoms with Crippen molar-refractivity contribution in [3.63, 3.8) is 0 Å². The highest BCUT2D eigenvalue weighted by atomic mass is 16.4. The van der Waals surface area contributed by atoms with E-state index in [2.05, 4.69) is 0 Å². The molecule has 0 spiro atoms. The molecule has 14 heavy (non-hydrogen) atoms. The summed E-state index contributed by atoms with van der Waals surface area (Å²) in [7, 11) is 0. The van der Waals surface area contributed by atoms with Gasteiger partial charge in [-0.25, -0.2) is 0 Å². The Kier molecular flexibility index (Phi) is 9.27. The highest BCUT2D eigenvalue weighted by molar-refractivity contribution is 5.67. The Morgan fingerprint density at radius 2 is 1.14 bits per heavy atom. The molecule has 0 saturated heterocycles. The lowest BCUT2D eigenvalue weighted by Gasteiger charge is -1.94. The summed E-state index contributed by atoms with van der Waals surface area (Å²) in [6, 6.07) is 0. The number of aliphatic hydroxyl groups excluding tert-OH is 2. The van der Waals surface area contributed by atoms with Crippen LogP contribution in [0, 0.1) is 0 Å². The molecule has 0 aromatic heterocycles. The van der Waals surface area contributed by atoms with E-state index >= 15 is 0 Å². The van der Waals surface area contributed by atoms with Gasteiger partial charge in [-0.1, -0.05) is 0 Å². The first-order valence-corrected chi connectivity index (χ1v) is 4.05. The normalized spacial score (nSPS) is 13.4. The topological polar surface area (TPSA) is 115 Å². The number of carbonyl (C=O) groups is 2. The quantitative estimate of drug-likeness (QED) is 0.503. The van der Waals surface area contributed by atoms with Crippen molar-refractivity contribution in [2.75, 3.05) is 0 Å². The molecule has 84 valence electrons. The zero-order chi connectivity index (χ0) is 11.7. The second kappa shape index (κ2) is 8.46. The molecule has 0 bridgehead atoms. The summed E-state index contributed by atoms with van der Waals surface area (Å²) in [5.74, 6) is -1.93. The van der Waals surface area contributed by atoms with Crippen molar-refractivity contribution in [1.29, 1.82) is 0 Å². The van der Waals surface area contributed by atoms with Gasteiger partial charge in [0.15, 0.2) is 0 Å². The largest absolute Gasteiger partial charge is 0.481 e. The molecule has 0 saturated carbocycles. The number of carboxylic acids is 2. The number of hydrogen-bond donors (Lipinski definition) is 4. The van der Waals surface area contributed by atoms with E-state index in [1.807, 2.05) is 0 Å². The van der Waals surface area contributed by atoms with Gasteiger partial charge in [-0.3, -0.25) is 9.59 Å². The van der Waals surface area contributed by atoms with Gasteiger partial charge in [-0.05, 0) is 13.8 Å². The van der Waals surface area contributed by atoms with Gasteiger partial charge in [-0.2, -0.15) is 0 Å². The lowest BCUT2D eigenvalue weighted by Crippen LogP contribution is -2.07. The monoisotopic (exact) mass is 208 g/mol. The first-order chi connectivity index (χ1) is 6.25. The van der Waals surface area contributed by atoms with Crippen LogP contribution < -0.4 is 0 Å². The molecule has 0 aromatic carbocycles. The maximum atomic E-state index is 9.65. The molecule has 6 heteroatoms. The second-order valence-corrected chi connectivity index (χ2v) is 2.89. The Morgan fingerprint density at radius 1 is 0.929 bits per heavy atom. The summed E-state index contributed by atoms with van der Waals surface area (Å²) in [6.45, 7) is 2.88. The van der Waals surface area contributed by atoms with Gasteiger partial charge in [0, 0.05) is 0 Å². The molecule has 0 heterocycles. The first-order valence-electron chi connectivity index (χ1n) is 4.05. The van der Waals surface area contributed by atoms with Crippen molar-refractivity contribution in [2.24, 2.45) is 0 Å². The molecule has 4 N–H and O–H groups in total. The van der Waals surface area contributed by atoms with E-state index in [9.17, 15) is 9.59 Å². The van der Waals surface area contributed by atoms with Crippen molar-refractivity contribution >= 4 is 11.9 Å². The van der Waals surface area contributed by atoms with Crippen LogP contribution in [-0.2, 0) is 9.59 Å². The SMILES string of the molecule is CC(O)CC(=O)O.CC(O)CC(=O)O. The molecule has 0 amide bonds. The van der Waals surface area contributed by atoms with Crippen molar-refractivity contribution in [1.82, 2.24) is 0 Å². The zero-order valence-electron chi connectivity index (χ0n) is 8.17. The molecule has 6 nitrogen and oxygen atoms in total. The van der Waals surface area contributed by atoms with E-state index in [0.29, 0.717) is 0 Å². The summed E-state index contributed by atoms with van der Waals surface area (Å²) in [4.78, 5) is 19.3. The van der Waals surface area contributed by atoms with Crippen LogP contribution >= 0.6 is 0 Å². The third kappa shape index (κ3) is 22.4. The Bertz CT molecular complexity index is 155. The molecule has 0 rings (SSSR count). The van der Waals surface area contributed by atoms with Crippen LogP contribution in [0.4, 0.5) is 0 Å². The molecule has 0 aliphatic heterocycles. The zero-order valence-corrected chi connectivity index (χ0v) is 8.17. The molecule has 0 fully saturated rings. The highest BCUT2D eigenvalue weighted by Crippen LogP contribution is 1.86.